The van der Waals surface area contributed by atoms with Crippen molar-refractivity contribution in [2.75, 3.05) is 59.4 Å². The van der Waals surface area contributed by atoms with Gasteiger partial charge in [-0.05, 0) is 12.0 Å². The third kappa shape index (κ3) is 5.32. The molecule has 1 N–H and O–H groups in total. The smallest absolute Gasteiger partial charge is 0.321 e. The fourth-order valence-corrected chi connectivity index (χ4v) is 3.46. The van der Waals surface area contributed by atoms with E-state index in [1.165, 1.54) is 5.56 Å². The second-order valence-corrected chi connectivity index (χ2v) is 6.91. The highest BCUT2D eigenvalue weighted by Gasteiger charge is 2.22. The third-order valence-electron chi connectivity index (χ3n) is 5.14. The number of nitrogens with zero attached hydrogens (tertiary/aromatic N) is 2. The van der Waals surface area contributed by atoms with Crippen molar-refractivity contribution >= 4 is 11.7 Å². The molecule has 7 nitrogen and oxygen atoms in total. The highest BCUT2D eigenvalue weighted by Crippen LogP contribution is 2.39. The molecule has 0 aromatic heterocycles. The van der Waals surface area contributed by atoms with Gasteiger partial charge < -0.3 is 24.4 Å². The molecule has 0 spiro atoms. The van der Waals surface area contributed by atoms with Gasteiger partial charge in [-0.25, -0.2) is 4.79 Å². The highest BCUT2D eigenvalue weighted by atomic mass is 16.5. The van der Waals surface area contributed by atoms with Crippen LogP contribution in [0.15, 0.2) is 42.5 Å². The van der Waals surface area contributed by atoms with Crippen molar-refractivity contribution in [2.24, 2.45) is 0 Å². The van der Waals surface area contributed by atoms with Crippen molar-refractivity contribution < 1.29 is 19.0 Å². The summed E-state index contributed by atoms with van der Waals surface area (Å²) < 4.78 is 16.0. The maximum Gasteiger partial charge on any atom is 0.321 e. The third-order valence-corrected chi connectivity index (χ3v) is 5.14. The molecule has 156 valence electrons. The second kappa shape index (κ2) is 10.0. The number of nitrogens with one attached hydrogen (secondary N) is 1. The van der Waals surface area contributed by atoms with Gasteiger partial charge in [-0.3, -0.25) is 4.90 Å². The Bertz CT molecular complexity index is 780. The van der Waals surface area contributed by atoms with Gasteiger partial charge in [0.1, 0.15) is 0 Å². The van der Waals surface area contributed by atoms with Crippen LogP contribution in [0.2, 0.25) is 0 Å². The van der Waals surface area contributed by atoms with Crippen LogP contribution in [0, 0.1) is 0 Å². The first-order valence-electron chi connectivity index (χ1n) is 9.76. The number of carbonyl (C=O) groups is 1. The van der Waals surface area contributed by atoms with Crippen molar-refractivity contribution in [2.45, 2.75) is 6.42 Å². The summed E-state index contributed by atoms with van der Waals surface area (Å²) in [6, 6.07) is 13.8. The zero-order valence-electron chi connectivity index (χ0n) is 17.3. The van der Waals surface area contributed by atoms with Gasteiger partial charge >= 0.3 is 6.03 Å². The highest BCUT2D eigenvalue weighted by molar-refractivity contribution is 5.90. The lowest BCUT2D eigenvalue weighted by Gasteiger charge is -2.34. The van der Waals surface area contributed by atoms with E-state index in [2.05, 4.69) is 34.5 Å². The quantitative estimate of drug-likeness (QED) is 0.775. The molecule has 1 fully saturated rings. The summed E-state index contributed by atoms with van der Waals surface area (Å²) in [5.74, 6) is 1.51. The Kier molecular flexibility index (Phi) is 7.19. The van der Waals surface area contributed by atoms with Crippen LogP contribution in [0.4, 0.5) is 10.5 Å². The second-order valence-electron chi connectivity index (χ2n) is 6.91. The Labute approximate surface area is 172 Å². The van der Waals surface area contributed by atoms with Crippen LogP contribution in [0.5, 0.6) is 17.2 Å². The Morgan fingerprint density at radius 1 is 0.931 bits per heavy atom. The number of piperazine rings is 1. The monoisotopic (exact) mass is 399 g/mol. The fourth-order valence-electron chi connectivity index (χ4n) is 3.46. The molecule has 3 rings (SSSR count). The molecule has 1 aliphatic heterocycles. The predicted molar refractivity (Wildman–Crippen MR) is 113 cm³/mol. The molecule has 0 unspecified atom stereocenters. The van der Waals surface area contributed by atoms with Crippen LogP contribution < -0.4 is 19.5 Å². The Morgan fingerprint density at radius 3 is 2.10 bits per heavy atom. The average Bonchev–Trinajstić information content (AvgIpc) is 2.77. The van der Waals surface area contributed by atoms with Gasteiger partial charge in [-0.15, -0.1) is 0 Å². The summed E-state index contributed by atoms with van der Waals surface area (Å²) in [6.07, 6.45) is 1.03. The minimum absolute atomic E-state index is 0.123. The molecule has 1 saturated heterocycles. The molecule has 0 aliphatic carbocycles. The number of carbonyl (C=O) groups excluding carboxylic acids is 1. The molecule has 1 heterocycles. The van der Waals surface area contributed by atoms with Crippen LogP contribution in [-0.2, 0) is 6.42 Å². The minimum atomic E-state index is -0.123. The lowest BCUT2D eigenvalue weighted by molar-refractivity contribution is 0.148. The van der Waals surface area contributed by atoms with Crippen LogP contribution >= 0.6 is 0 Å². The molecular formula is C22H29N3O4. The van der Waals surface area contributed by atoms with Crippen molar-refractivity contribution in [3.63, 3.8) is 0 Å². The van der Waals surface area contributed by atoms with Crippen molar-refractivity contribution in [3.05, 3.63) is 48.0 Å². The minimum Gasteiger partial charge on any atom is -0.493 e. The zero-order chi connectivity index (χ0) is 20.6. The van der Waals surface area contributed by atoms with E-state index in [-0.39, 0.29) is 6.03 Å². The molecule has 7 heteroatoms. The van der Waals surface area contributed by atoms with Gasteiger partial charge in [0, 0.05) is 44.9 Å². The van der Waals surface area contributed by atoms with Crippen LogP contribution in [0.25, 0.3) is 0 Å². The normalized spacial score (nSPS) is 14.4. The van der Waals surface area contributed by atoms with E-state index < -0.39 is 0 Å². The number of anilines is 1. The maximum atomic E-state index is 12.7. The number of amides is 2. The lowest BCUT2D eigenvalue weighted by Crippen LogP contribution is -2.50. The molecule has 0 radical (unpaired) electrons. The number of benzene rings is 2. The first-order chi connectivity index (χ1) is 14.1. The van der Waals surface area contributed by atoms with Crippen LogP contribution in [0.3, 0.4) is 0 Å². The molecular weight excluding hydrogens is 370 g/mol. The molecule has 0 saturated carbocycles. The Morgan fingerprint density at radius 2 is 1.55 bits per heavy atom. The van der Waals surface area contributed by atoms with E-state index in [4.69, 9.17) is 14.2 Å². The van der Waals surface area contributed by atoms with Crippen LogP contribution in [0.1, 0.15) is 5.56 Å². The van der Waals surface area contributed by atoms with Gasteiger partial charge in [0.05, 0.1) is 27.0 Å². The standard InChI is InChI=1S/C22H29N3O4/c1-27-19-15-18(16-20(28-2)21(19)29-3)23-22(26)25-13-11-24(12-14-25)10-9-17-7-5-4-6-8-17/h4-8,15-16H,9-14H2,1-3H3,(H,23,26). The van der Waals surface area contributed by atoms with Crippen LogP contribution in [-0.4, -0.2) is 69.9 Å². The first-order valence-corrected chi connectivity index (χ1v) is 9.76. The average molecular weight is 399 g/mol. The van der Waals surface area contributed by atoms with Gasteiger partial charge in [-0.2, -0.15) is 0 Å². The van der Waals surface area contributed by atoms with Gasteiger partial charge in [0.15, 0.2) is 11.5 Å². The number of methoxy groups -OCH3 is 3. The fraction of sp³-hybridized carbons (Fsp3) is 0.409. The molecule has 0 atom stereocenters. The van der Waals surface area contributed by atoms with Gasteiger partial charge in [0.2, 0.25) is 5.75 Å². The summed E-state index contributed by atoms with van der Waals surface area (Å²) >= 11 is 0. The van der Waals surface area contributed by atoms with E-state index in [0.29, 0.717) is 36.0 Å². The van der Waals surface area contributed by atoms with Gasteiger partial charge in [0.25, 0.3) is 0 Å². The number of ether oxygens (including phenoxy) is 3. The molecule has 0 bridgehead atoms. The number of hydrogen-bond acceptors (Lipinski definition) is 5. The number of urea groups is 1. The summed E-state index contributed by atoms with van der Waals surface area (Å²) in [7, 11) is 4.66. The summed E-state index contributed by atoms with van der Waals surface area (Å²) in [6.45, 7) is 4.15. The molecule has 2 aromatic rings. The molecule has 1 aliphatic rings. The van der Waals surface area contributed by atoms with E-state index >= 15 is 0 Å². The Balaban J connectivity index is 1.53. The Hall–Kier alpha value is -2.93. The predicted octanol–water partition coefficient (Wildman–Crippen LogP) is 3.10. The summed E-state index contributed by atoms with van der Waals surface area (Å²) in [5.41, 5.74) is 1.95. The summed E-state index contributed by atoms with van der Waals surface area (Å²) in [4.78, 5) is 16.9. The van der Waals surface area contributed by atoms with Crippen molar-refractivity contribution in [1.82, 2.24) is 9.80 Å². The van der Waals surface area contributed by atoms with E-state index in [1.54, 1.807) is 33.5 Å². The van der Waals surface area contributed by atoms with E-state index in [0.717, 1.165) is 26.1 Å². The first kappa shape index (κ1) is 20.8. The van der Waals surface area contributed by atoms with Gasteiger partial charge in [-0.1, -0.05) is 30.3 Å². The molecule has 29 heavy (non-hydrogen) atoms. The van der Waals surface area contributed by atoms with E-state index in [9.17, 15) is 4.79 Å². The molecule has 2 amide bonds. The van der Waals surface area contributed by atoms with E-state index in [1.807, 2.05) is 11.0 Å². The molecule has 2 aromatic carbocycles. The SMILES string of the molecule is COc1cc(NC(=O)N2CCN(CCc3ccccc3)CC2)cc(OC)c1OC. The lowest BCUT2D eigenvalue weighted by atomic mass is 10.1. The van der Waals surface area contributed by atoms with Crippen molar-refractivity contribution in [3.8, 4) is 17.2 Å². The number of hydrogen-bond donors (Lipinski definition) is 1. The summed E-state index contributed by atoms with van der Waals surface area (Å²) in [5, 5.41) is 2.94. The maximum absolute atomic E-state index is 12.7. The number of rotatable bonds is 7. The largest absolute Gasteiger partial charge is 0.493 e. The van der Waals surface area contributed by atoms with Crippen molar-refractivity contribution in [1.29, 1.82) is 0 Å². The topological polar surface area (TPSA) is 63.3 Å². The zero-order valence-corrected chi connectivity index (χ0v) is 17.3.